The molecule has 5 nitrogen and oxygen atoms in total. The topological polar surface area (TPSA) is 58.6 Å². The molecule has 1 aliphatic heterocycles. The maximum absolute atomic E-state index is 13.0. The molecule has 0 amide bonds. The summed E-state index contributed by atoms with van der Waals surface area (Å²) < 4.78 is 45.1. The van der Waals surface area contributed by atoms with Crippen LogP contribution in [0.15, 0.2) is 27.6 Å². The lowest BCUT2D eigenvalue weighted by molar-refractivity contribution is 0.0390. The molecule has 0 spiro atoms. The van der Waals surface area contributed by atoms with E-state index in [4.69, 9.17) is 4.74 Å². The molecule has 1 saturated heterocycles. The molecular weight excluding hydrogens is 351 g/mol. The summed E-state index contributed by atoms with van der Waals surface area (Å²) >= 11 is 3.07. The molecule has 0 aromatic heterocycles. The number of nitrogens with zero attached hydrogens (tertiary/aromatic N) is 1. The smallest absolute Gasteiger partial charge is 0.241 e. The fourth-order valence-corrected chi connectivity index (χ4v) is 4.00. The van der Waals surface area contributed by atoms with Crippen LogP contribution in [0.2, 0.25) is 0 Å². The highest BCUT2D eigenvalue weighted by Crippen LogP contribution is 2.22. The number of nitrogens with one attached hydrogen (secondary N) is 1. The van der Waals surface area contributed by atoms with E-state index >= 15 is 0 Å². The van der Waals surface area contributed by atoms with Crippen molar-refractivity contribution >= 4 is 26.0 Å². The Balaban J connectivity index is 1.93. The Morgan fingerprint density at radius 1 is 1.35 bits per heavy atom. The van der Waals surface area contributed by atoms with Crippen LogP contribution < -0.4 is 4.72 Å². The third-order valence-corrected chi connectivity index (χ3v) is 5.44. The van der Waals surface area contributed by atoms with Crippen LogP contribution in [0.4, 0.5) is 4.39 Å². The lowest BCUT2D eigenvalue weighted by atomic mass is 10.3. The molecule has 1 N–H and O–H groups in total. The number of hydrogen-bond acceptors (Lipinski definition) is 4. The van der Waals surface area contributed by atoms with E-state index in [9.17, 15) is 12.8 Å². The first-order valence-corrected chi connectivity index (χ1v) is 8.51. The number of rotatable bonds is 5. The second kappa shape index (κ2) is 6.95. The second-order valence-corrected chi connectivity index (χ2v) is 7.02. The van der Waals surface area contributed by atoms with Crippen LogP contribution in [0.5, 0.6) is 0 Å². The first-order chi connectivity index (χ1) is 9.49. The highest BCUT2D eigenvalue weighted by atomic mass is 79.9. The Hall–Kier alpha value is -0.540. The van der Waals surface area contributed by atoms with Gasteiger partial charge in [0.15, 0.2) is 0 Å². The molecule has 8 heteroatoms. The lowest BCUT2D eigenvalue weighted by Crippen LogP contribution is -2.41. The summed E-state index contributed by atoms with van der Waals surface area (Å²) in [7, 11) is -3.63. The molecule has 0 bridgehead atoms. The van der Waals surface area contributed by atoms with Crippen molar-refractivity contribution in [1.82, 2.24) is 9.62 Å². The van der Waals surface area contributed by atoms with Crippen molar-refractivity contribution in [2.75, 3.05) is 39.4 Å². The van der Waals surface area contributed by atoms with Gasteiger partial charge in [-0.25, -0.2) is 17.5 Å². The van der Waals surface area contributed by atoms with Gasteiger partial charge in [0.25, 0.3) is 0 Å². The fraction of sp³-hybridized carbons (Fsp3) is 0.500. The van der Waals surface area contributed by atoms with Crippen molar-refractivity contribution in [3.63, 3.8) is 0 Å². The molecule has 1 aromatic carbocycles. The number of morpholine rings is 1. The molecule has 112 valence electrons. The molecule has 1 heterocycles. The Morgan fingerprint density at radius 3 is 2.70 bits per heavy atom. The minimum atomic E-state index is -3.63. The van der Waals surface area contributed by atoms with Crippen molar-refractivity contribution in [2.24, 2.45) is 0 Å². The second-order valence-electron chi connectivity index (χ2n) is 4.43. The van der Waals surface area contributed by atoms with Gasteiger partial charge in [0.2, 0.25) is 10.0 Å². The number of sulfonamides is 1. The Kier molecular flexibility index (Phi) is 5.50. The molecule has 0 radical (unpaired) electrons. The standard InChI is InChI=1S/C12H16BrFN2O3S/c13-11-9-10(14)1-2-12(11)20(17,18)15-3-4-16-5-7-19-8-6-16/h1-2,9,15H,3-8H2. The summed E-state index contributed by atoms with van der Waals surface area (Å²) in [6.07, 6.45) is 0. The van der Waals surface area contributed by atoms with Crippen LogP contribution in [0, 0.1) is 5.82 Å². The third kappa shape index (κ3) is 4.23. The summed E-state index contributed by atoms with van der Waals surface area (Å²) in [6.45, 7) is 3.91. The van der Waals surface area contributed by atoms with Gasteiger partial charge >= 0.3 is 0 Å². The number of benzene rings is 1. The third-order valence-electron chi connectivity index (χ3n) is 3.01. The molecule has 1 aromatic rings. The van der Waals surface area contributed by atoms with Crippen molar-refractivity contribution in [3.05, 3.63) is 28.5 Å². The van der Waals surface area contributed by atoms with Crippen molar-refractivity contribution in [3.8, 4) is 0 Å². The maximum Gasteiger partial charge on any atom is 0.241 e. The van der Waals surface area contributed by atoms with Gasteiger partial charge in [-0.2, -0.15) is 0 Å². The van der Waals surface area contributed by atoms with Gasteiger partial charge in [0, 0.05) is 30.7 Å². The zero-order valence-corrected chi connectivity index (χ0v) is 13.2. The molecule has 20 heavy (non-hydrogen) atoms. The molecule has 2 rings (SSSR count). The van der Waals surface area contributed by atoms with E-state index in [0.29, 0.717) is 26.3 Å². The highest BCUT2D eigenvalue weighted by Gasteiger charge is 2.18. The van der Waals surface area contributed by atoms with E-state index in [1.165, 1.54) is 6.07 Å². The first kappa shape index (κ1) is 15.8. The van der Waals surface area contributed by atoms with E-state index in [2.05, 4.69) is 25.6 Å². The SMILES string of the molecule is O=S(=O)(NCCN1CCOCC1)c1ccc(F)cc1Br. The van der Waals surface area contributed by atoms with E-state index in [1.54, 1.807) is 0 Å². The molecule has 0 saturated carbocycles. The minimum absolute atomic E-state index is 0.0425. The van der Waals surface area contributed by atoms with E-state index < -0.39 is 15.8 Å². The molecule has 1 aliphatic rings. The average molecular weight is 367 g/mol. The van der Waals surface area contributed by atoms with Crippen molar-refractivity contribution in [1.29, 1.82) is 0 Å². The van der Waals surface area contributed by atoms with Crippen LogP contribution in [0.1, 0.15) is 0 Å². The zero-order chi connectivity index (χ0) is 14.6. The quantitative estimate of drug-likeness (QED) is 0.850. The van der Waals surface area contributed by atoms with Crippen molar-refractivity contribution < 1.29 is 17.5 Å². The predicted molar refractivity (Wildman–Crippen MR) is 76.5 cm³/mol. The Morgan fingerprint density at radius 2 is 2.05 bits per heavy atom. The molecule has 1 fully saturated rings. The summed E-state index contributed by atoms with van der Waals surface area (Å²) in [6, 6.07) is 3.51. The zero-order valence-electron chi connectivity index (χ0n) is 10.8. The van der Waals surface area contributed by atoms with Crippen LogP contribution in [0.25, 0.3) is 0 Å². The first-order valence-electron chi connectivity index (χ1n) is 6.24. The largest absolute Gasteiger partial charge is 0.379 e. The van der Waals surface area contributed by atoms with Gasteiger partial charge in [-0.3, -0.25) is 4.90 Å². The molecular formula is C12H16BrFN2O3S. The van der Waals surface area contributed by atoms with Gasteiger partial charge < -0.3 is 4.74 Å². The summed E-state index contributed by atoms with van der Waals surface area (Å²) in [5, 5.41) is 0. The van der Waals surface area contributed by atoms with Gasteiger partial charge in [0.05, 0.1) is 18.1 Å². The van der Waals surface area contributed by atoms with Crippen molar-refractivity contribution in [2.45, 2.75) is 4.90 Å². The average Bonchev–Trinajstić information content (AvgIpc) is 2.39. The highest BCUT2D eigenvalue weighted by molar-refractivity contribution is 9.10. The molecule has 0 aliphatic carbocycles. The Labute approximate surface area is 126 Å². The van der Waals surface area contributed by atoms with Crippen LogP contribution in [-0.4, -0.2) is 52.7 Å². The van der Waals surface area contributed by atoms with Crippen LogP contribution in [-0.2, 0) is 14.8 Å². The lowest BCUT2D eigenvalue weighted by Gasteiger charge is -2.26. The number of hydrogen-bond donors (Lipinski definition) is 1. The molecule has 0 unspecified atom stereocenters. The van der Waals surface area contributed by atoms with Gasteiger partial charge in [0.1, 0.15) is 5.82 Å². The Bertz CT molecular complexity index is 562. The monoisotopic (exact) mass is 366 g/mol. The van der Waals surface area contributed by atoms with Gasteiger partial charge in [-0.05, 0) is 34.1 Å². The van der Waals surface area contributed by atoms with Crippen LogP contribution in [0.3, 0.4) is 0 Å². The van der Waals surface area contributed by atoms with E-state index in [0.717, 1.165) is 25.2 Å². The van der Waals surface area contributed by atoms with Gasteiger partial charge in [-0.1, -0.05) is 0 Å². The summed E-state index contributed by atoms with van der Waals surface area (Å²) in [4.78, 5) is 2.17. The molecule has 0 atom stereocenters. The summed E-state index contributed by atoms with van der Waals surface area (Å²) in [5.41, 5.74) is 0. The number of ether oxygens (including phenoxy) is 1. The maximum atomic E-state index is 13.0. The fourth-order valence-electron chi connectivity index (χ4n) is 1.93. The predicted octanol–water partition coefficient (Wildman–Crippen LogP) is 1.20. The van der Waals surface area contributed by atoms with Crippen LogP contribution >= 0.6 is 15.9 Å². The number of halogens is 2. The van der Waals surface area contributed by atoms with Gasteiger partial charge in [-0.15, -0.1) is 0 Å². The van der Waals surface area contributed by atoms with E-state index in [-0.39, 0.29) is 9.37 Å². The summed E-state index contributed by atoms with van der Waals surface area (Å²) in [5.74, 6) is -0.482. The normalized spacial score (nSPS) is 17.3. The van der Waals surface area contributed by atoms with E-state index in [1.807, 2.05) is 0 Å². The minimum Gasteiger partial charge on any atom is -0.379 e.